The predicted octanol–water partition coefficient (Wildman–Crippen LogP) is 1.00. The van der Waals surface area contributed by atoms with Crippen LogP contribution in [0.1, 0.15) is 10.4 Å². The number of anilines is 1. The van der Waals surface area contributed by atoms with Gasteiger partial charge in [-0.25, -0.2) is 9.59 Å². The first-order valence-electron chi connectivity index (χ1n) is 4.61. The normalized spacial score (nSPS) is 10.1. The summed E-state index contributed by atoms with van der Waals surface area (Å²) in [6.45, 7) is 0. The van der Waals surface area contributed by atoms with Crippen LogP contribution in [0.2, 0.25) is 0 Å². The number of carboxylic acid groups (broad SMARTS) is 1. The van der Waals surface area contributed by atoms with Crippen LogP contribution < -0.4 is 11.1 Å². The third-order valence-electron chi connectivity index (χ3n) is 1.83. The molecule has 0 atom stereocenters. The highest BCUT2D eigenvalue weighted by Gasteiger charge is 2.09. The van der Waals surface area contributed by atoms with Crippen molar-refractivity contribution < 1.29 is 19.5 Å². The second kappa shape index (κ2) is 5.45. The fourth-order valence-corrected chi connectivity index (χ4v) is 1.18. The average molecular weight is 234 g/mol. The molecule has 88 valence electrons. The molecule has 0 aliphatic carbocycles. The van der Waals surface area contributed by atoms with Gasteiger partial charge < -0.3 is 16.2 Å². The number of nitrogens with one attached hydrogen (secondary N) is 1. The first-order chi connectivity index (χ1) is 8.00. The fourth-order valence-electron chi connectivity index (χ4n) is 1.18. The first kappa shape index (κ1) is 12.4. The van der Waals surface area contributed by atoms with Gasteiger partial charge in [0.05, 0.1) is 5.69 Å². The number of primary amides is 1. The Morgan fingerprint density at radius 3 is 2.41 bits per heavy atom. The average Bonchev–Trinajstić information content (AvgIpc) is 2.25. The second-order valence-electron chi connectivity index (χ2n) is 3.07. The van der Waals surface area contributed by atoms with E-state index in [1.54, 1.807) is 12.1 Å². The molecule has 6 nitrogen and oxygen atoms in total. The molecule has 0 aliphatic rings. The van der Waals surface area contributed by atoms with Crippen molar-refractivity contribution in [1.29, 1.82) is 0 Å². The predicted molar refractivity (Wildman–Crippen MR) is 60.8 cm³/mol. The van der Waals surface area contributed by atoms with Crippen molar-refractivity contribution in [3.63, 3.8) is 0 Å². The Balaban J connectivity index is 3.00. The van der Waals surface area contributed by atoms with Crippen molar-refractivity contribution in [2.75, 3.05) is 5.32 Å². The minimum Gasteiger partial charge on any atom is -0.478 e. The molecule has 0 aliphatic heterocycles. The van der Waals surface area contributed by atoms with Crippen molar-refractivity contribution in [3.8, 4) is 0 Å². The molecule has 17 heavy (non-hydrogen) atoms. The SMILES string of the molecule is NC(=O)Nc1ccccc1C(=O)C=CC(=O)O. The van der Waals surface area contributed by atoms with Gasteiger partial charge in [-0.15, -0.1) is 0 Å². The van der Waals surface area contributed by atoms with Gasteiger partial charge in [0, 0.05) is 11.6 Å². The van der Waals surface area contributed by atoms with E-state index in [-0.39, 0.29) is 11.3 Å². The largest absolute Gasteiger partial charge is 0.478 e. The summed E-state index contributed by atoms with van der Waals surface area (Å²) in [6.07, 6.45) is 1.63. The number of aliphatic carboxylic acids is 1. The lowest BCUT2D eigenvalue weighted by molar-refractivity contribution is -0.131. The van der Waals surface area contributed by atoms with Crippen LogP contribution in [0, 0.1) is 0 Å². The molecular formula is C11H10N2O4. The van der Waals surface area contributed by atoms with E-state index >= 15 is 0 Å². The number of amides is 2. The van der Waals surface area contributed by atoms with Crippen LogP contribution in [-0.2, 0) is 4.79 Å². The zero-order chi connectivity index (χ0) is 12.8. The van der Waals surface area contributed by atoms with E-state index in [4.69, 9.17) is 10.8 Å². The molecule has 0 fully saturated rings. The van der Waals surface area contributed by atoms with Crippen LogP contribution in [-0.4, -0.2) is 22.9 Å². The summed E-state index contributed by atoms with van der Waals surface area (Å²) in [5, 5.41) is 10.7. The molecule has 0 radical (unpaired) electrons. The maximum Gasteiger partial charge on any atom is 0.328 e. The van der Waals surface area contributed by atoms with Crippen molar-refractivity contribution in [2.24, 2.45) is 5.73 Å². The highest BCUT2D eigenvalue weighted by atomic mass is 16.4. The Morgan fingerprint density at radius 2 is 1.82 bits per heavy atom. The summed E-state index contributed by atoms with van der Waals surface area (Å²) in [4.78, 5) is 32.6. The summed E-state index contributed by atoms with van der Waals surface area (Å²) in [6, 6.07) is 5.36. The Kier molecular flexibility index (Phi) is 3.99. The second-order valence-corrected chi connectivity index (χ2v) is 3.07. The van der Waals surface area contributed by atoms with Crippen LogP contribution in [0.15, 0.2) is 36.4 Å². The molecule has 1 aromatic carbocycles. The quantitative estimate of drug-likeness (QED) is 0.533. The maximum absolute atomic E-state index is 11.6. The van der Waals surface area contributed by atoms with E-state index in [9.17, 15) is 14.4 Å². The monoisotopic (exact) mass is 234 g/mol. The number of urea groups is 1. The maximum atomic E-state index is 11.6. The van der Waals surface area contributed by atoms with Gasteiger partial charge in [0.15, 0.2) is 5.78 Å². The molecule has 2 amide bonds. The number of carbonyl (C=O) groups is 3. The van der Waals surface area contributed by atoms with Gasteiger partial charge in [0.1, 0.15) is 0 Å². The lowest BCUT2D eigenvalue weighted by Gasteiger charge is -2.06. The van der Waals surface area contributed by atoms with E-state index in [2.05, 4.69) is 5.32 Å². The number of allylic oxidation sites excluding steroid dienone is 1. The van der Waals surface area contributed by atoms with Crippen molar-refractivity contribution >= 4 is 23.5 Å². The van der Waals surface area contributed by atoms with Gasteiger partial charge in [0.2, 0.25) is 0 Å². The molecule has 0 saturated heterocycles. The summed E-state index contributed by atoms with van der Waals surface area (Å²) < 4.78 is 0. The lowest BCUT2D eigenvalue weighted by atomic mass is 10.1. The minimum atomic E-state index is -1.22. The van der Waals surface area contributed by atoms with E-state index in [1.807, 2.05) is 0 Å². The topological polar surface area (TPSA) is 109 Å². The summed E-state index contributed by atoms with van der Waals surface area (Å²) in [5.41, 5.74) is 5.35. The van der Waals surface area contributed by atoms with Crippen LogP contribution in [0.4, 0.5) is 10.5 Å². The number of para-hydroxylation sites is 1. The first-order valence-corrected chi connectivity index (χ1v) is 4.61. The van der Waals surface area contributed by atoms with E-state index in [0.717, 1.165) is 12.2 Å². The molecular weight excluding hydrogens is 224 g/mol. The fraction of sp³-hybridized carbons (Fsp3) is 0. The number of hydrogen-bond donors (Lipinski definition) is 3. The number of rotatable bonds is 4. The molecule has 1 rings (SSSR count). The Morgan fingerprint density at radius 1 is 1.18 bits per heavy atom. The number of ketones is 1. The molecule has 4 N–H and O–H groups in total. The summed E-state index contributed by atoms with van der Waals surface area (Å²) in [7, 11) is 0. The number of carboxylic acids is 1. The molecule has 6 heteroatoms. The van der Waals surface area contributed by atoms with E-state index in [1.165, 1.54) is 12.1 Å². The highest BCUT2D eigenvalue weighted by molar-refractivity contribution is 6.11. The van der Waals surface area contributed by atoms with Crippen LogP contribution in [0.5, 0.6) is 0 Å². The van der Waals surface area contributed by atoms with E-state index < -0.39 is 17.8 Å². The number of hydrogen-bond acceptors (Lipinski definition) is 3. The van der Waals surface area contributed by atoms with Crippen LogP contribution >= 0.6 is 0 Å². The summed E-state index contributed by atoms with van der Waals surface area (Å²) >= 11 is 0. The van der Waals surface area contributed by atoms with Gasteiger partial charge in [-0.05, 0) is 18.2 Å². The van der Waals surface area contributed by atoms with Gasteiger partial charge in [-0.3, -0.25) is 4.79 Å². The zero-order valence-corrected chi connectivity index (χ0v) is 8.71. The van der Waals surface area contributed by atoms with Gasteiger partial charge in [-0.1, -0.05) is 12.1 Å². The standard InChI is InChI=1S/C11H10N2O4/c12-11(17)13-8-4-2-1-3-7(8)9(14)5-6-10(15)16/h1-6H,(H,15,16)(H3,12,13,17). The van der Waals surface area contributed by atoms with E-state index in [0.29, 0.717) is 0 Å². The number of benzene rings is 1. The third-order valence-corrected chi connectivity index (χ3v) is 1.83. The molecule has 0 bridgehead atoms. The Bertz CT molecular complexity index is 494. The number of carbonyl (C=O) groups excluding carboxylic acids is 2. The molecule has 0 aromatic heterocycles. The Labute approximate surface area is 96.7 Å². The molecule has 1 aromatic rings. The Hall–Kier alpha value is -2.63. The molecule has 0 heterocycles. The summed E-state index contributed by atoms with van der Waals surface area (Å²) in [5.74, 6) is -1.75. The van der Waals surface area contributed by atoms with Crippen LogP contribution in [0.3, 0.4) is 0 Å². The molecule has 0 spiro atoms. The smallest absolute Gasteiger partial charge is 0.328 e. The molecule has 0 saturated carbocycles. The van der Waals surface area contributed by atoms with Gasteiger partial charge >= 0.3 is 12.0 Å². The third kappa shape index (κ3) is 3.78. The van der Waals surface area contributed by atoms with Gasteiger partial charge in [-0.2, -0.15) is 0 Å². The number of nitrogens with two attached hydrogens (primary N) is 1. The minimum absolute atomic E-state index is 0.170. The zero-order valence-electron chi connectivity index (χ0n) is 8.71. The van der Waals surface area contributed by atoms with Crippen molar-refractivity contribution in [2.45, 2.75) is 0 Å². The van der Waals surface area contributed by atoms with Crippen molar-refractivity contribution in [1.82, 2.24) is 0 Å². The lowest BCUT2D eigenvalue weighted by Crippen LogP contribution is -2.20. The van der Waals surface area contributed by atoms with Crippen molar-refractivity contribution in [3.05, 3.63) is 42.0 Å². The molecule has 0 unspecified atom stereocenters. The highest BCUT2D eigenvalue weighted by Crippen LogP contribution is 2.15. The van der Waals surface area contributed by atoms with Gasteiger partial charge in [0.25, 0.3) is 0 Å². The van der Waals surface area contributed by atoms with Crippen LogP contribution in [0.25, 0.3) is 0 Å².